The van der Waals surface area contributed by atoms with Crippen molar-refractivity contribution in [2.24, 2.45) is 11.1 Å². The Morgan fingerprint density at radius 2 is 2.22 bits per heavy atom. The molecule has 1 spiro atoms. The molecule has 1 aromatic rings. The van der Waals surface area contributed by atoms with E-state index in [9.17, 15) is 9.90 Å². The number of hydrogen-bond donors (Lipinski definition) is 2. The van der Waals surface area contributed by atoms with Crippen molar-refractivity contribution < 1.29 is 14.6 Å². The molecule has 6 nitrogen and oxygen atoms in total. The quantitative estimate of drug-likeness (QED) is 0.854. The number of nitrogens with two attached hydrogens (primary N) is 1. The highest BCUT2D eigenvalue weighted by atomic mass is 16.5. The van der Waals surface area contributed by atoms with Crippen molar-refractivity contribution in [1.29, 1.82) is 0 Å². The molecule has 1 aliphatic carbocycles. The van der Waals surface area contributed by atoms with Gasteiger partial charge in [0.15, 0.2) is 0 Å². The average Bonchev–Trinajstić information content (AvgIpc) is 2.58. The smallest absolute Gasteiger partial charge is 0.255 e. The van der Waals surface area contributed by atoms with Gasteiger partial charge >= 0.3 is 0 Å². The zero-order valence-corrected chi connectivity index (χ0v) is 13.6. The van der Waals surface area contributed by atoms with Crippen LogP contribution in [0.4, 0.5) is 0 Å². The number of hydrogen-bond acceptors (Lipinski definition) is 5. The number of amides is 1. The SMILES string of the molecule is Cc1cncc(C(=O)N2CCC3(CC2)[C@H](O)C[C@@H]3OCCN)c1. The van der Waals surface area contributed by atoms with Gasteiger partial charge in [-0.1, -0.05) is 0 Å². The highest BCUT2D eigenvalue weighted by Crippen LogP contribution is 2.51. The predicted octanol–water partition coefficient (Wildman–Crippen LogP) is 0.721. The maximum atomic E-state index is 12.6. The number of aliphatic hydroxyl groups is 1. The largest absolute Gasteiger partial charge is 0.392 e. The Hall–Kier alpha value is -1.50. The summed E-state index contributed by atoms with van der Waals surface area (Å²) in [6.07, 6.45) is 5.32. The zero-order valence-electron chi connectivity index (χ0n) is 13.6. The van der Waals surface area contributed by atoms with E-state index in [-0.39, 0.29) is 23.5 Å². The van der Waals surface area contributed by atoms with Gasteiger partial charge in [0.05, 0.1) is 24.4 Å². The summed E-state index contributed by atoms with van der Waals surface area (Å²) in [6, 6.07) is 1.87. The number of carbonyl (C=O) groups excluding carboxylic acids is 1. The Morgan fingerprint density at radius 1 is 1.48 bits per heavy atom. The number of aromatic nitrogens is 1. The Balaban J connectivity index is 1.63. The maximum absolute atomic E-state index is 12.6. The summed E-state index contributed by atoms with van der Waals surface area (Å²) in [5.74, 6) is 0.0179. The van der Waals surface area contributed by atoms with Crippen LogP contribution in [0.2, 0.25) is 0 Å². The number of ether oxygens (including phenoxy) is 1. The second kappa shape index (κ2) is 6.55. The van der Waals surface area contributed by atoms with E-state index in [1.807, 2.05) is 17.9 Å². The molecule has 2 fully saturated rings. The molecule has 0 unspecified atom stereocenters. The normalized spacial score (nSPS) is 26.1. The molecule has 6 heteroatoms. The third-order valence-electron chi connectivity index (χ3n) is 5.28. The number of nitrogens with zero attached hydrogens (tertiary/aromatic N) is 2. The molecule has 3 rings (SSSR count). The fourth-order valence-corrected chi connectivity index (χ4v) is 3.81. The average molecular weight is 319 g/mol. The van der Waals surface area contributed by atoms with Crippen LogP contribution in [-0.2, 0) is 4.74 Å². The number of pyridine rings is 1. The minimum atomic E-state index is -0.330. The lowest BCUT2D eigenvalue weighted by Gasteiger charge is -2.56. The van der Waals surface area contributed by atoms with Crippen LogP contribution in [0.3, 0.4) is 0 Å². The first-order valence-electron chi connectivity index (χ1n) is 8.27. The standard InChI is InChI=1S/C17H25N3O3/c1-12-8-13(11-19-10-12)16(22)20-5-2-17(3-6-20)14(21)9-15(17)23-7-4-18/h8,10-11,14-15,21H,2-7,9,18H2,1H3/t14-,15+/m1/s1. The molecule has 23 heavy (non-hydrogen) atoms. The summed E-state index contributed by atoms with van der Waals surface area (Å²) >= 11 is 0. The molecule has 2 aliphatic rings. The van der Waals surface area contributed by atoms with Crippen LogP contribution in [0.1, 0.15) is 35.2 Å². The zero-order chi connectivity index (χ0) is 16.4. The highest BCUT2D eigenvalue weighted by Gasteiger charge is 2.56. The van der Waals surface area contributed by atoms with Crippen LogP contribution in [0.15, 0.2) is 18.5 Å². The minimum absolute atomic E-state index is 0.0179. The Bertz CT molecular complexity index is 570. The van der Waals surface area contributed by atoms with Gasteiger partial charge in [-0.15, -0.1) is 0 Å². The van der Waals surface area contributed by atoms with Crippen molar-refractivity contribution in [2.75, 3.05) is 26.2 Å². The number of aliphatic hydroxyl groups excluding tert-OH is 1. The van der Waals surface area contributed by atoms with E-state index in [4.69, 9.17) is 10.5 Å². The molecular formula is C17H25N3O3. The second-order valence-corrected chi connectivity index (χ2v) is 6.68. The predicted molar refractivity (Wildman–Crippen MR) is 86.0 cm³/mol. The van der Waals surface area contributed by atoms with Crippen LogP contribution in [0.5, 0.6) is 0 Å². The van der Waals surface area contributed by atoms with E-state index in [1.165, 1.54) is 0 Å². The number of rotatable bonds is 4. The van der Waals surface area contributed by atoms with Gasteiger partial charge in [0.2, 0.25) is 0 Å². The lowest BCUT2D eigenvalue weighted by molar-refractivity contribution is -0.207. The summed E-state index contributed by atoms with van der Waals surface area (Å²) in [7, 11) is 0. The number of likely N-dealkylation sites (tertiary alicyclic amines) is 1. The van der Waals surface area contributed by atoms with E-state index in [2.05, 4.69) is 4.98 Å². The Labute approximate surface area is 136 Å². The summed E-state index contributed by atoms with van der Waals surface area (Å²) in [5.41, 5.74) is 6.91. The van der Waals surface area contributed by atoms with Crippen molar-refractivity contribution in [2.45, 2.75) is 38.4 Å². The third-order valence-corrected chi connectivity index (χ3v) is 5.28. The molecule has 0 bridgehead atoms. The number of aryl methyl sites for hydroxylation is 1. The van der Waals surface area contributed by atoms with Crippen molar-refractivity contribution in [3.05, 3.63) is 29.6 Å². The second-order valence-electron chi connectivity index (χ2n) is 6.68. The van der Waals surface area contributed by atoms with Crippen molar-refractivity contribution >= 4 is 5.91 Å². The third kappa shape index (κ3) is 2.98. The van der Waals surface area contributed by atoms with Gasteiger partial charge in [0, 0.05) is 43.9 Å². The van der Waals surface area contributed by atoms with E-state index in [1.54, 1.807) is 12.4 Å². The molecule has 0 radical (unpaired) electrons. The maximum Gasteiger partial charge on any atom is 0.255 e. The summed E-state index contributed by atoms with van der Waals surface area (Å²) < 4.78 is 5.79. The van der Waals surface area contributed by atoms with Crippen LogP contribution >= 0.6 is 0 Å². The number of carbonyl (C=O) groups is 1. The Morgan fingerprint density at radius 3 is 2.83 bits per heavy atom. The molecule has 0 aromatic carbocycles. The monoisotopic (exact) mass is 319 g/mol. The first-order valence-corrected chi connectivity index (χ1v) is 8.27. The van der Waals surface area contributed by atoms with Crippen molar-refractivity contribution in [1.82, 2.24) is 9.88 Å². The molecule has 126 valence electrons. The van der Waals surface area contributed by atoms with Crippen LogP contribution in [0, 0.1) is 12.3 Å². The topological polar surface area (TPSA) is 88.7 Å². The lowest BCUT2D eigenvalue weighted by atomic mass is 9.58. The molecule has 2 atom stereocenters. The molecule has 1 saturated carbocycles. The first-order chi connectivity index (χ1) is 11.1. The molecule has 1 aromatic heterocycles. The van der Waals surface area contributed by atoms with E-state index < -0.39 is 0 Å². The van der Waals surface area contributed by atoms with Crippen LogP contribution in [-0.4, -0.2) is 59.3 Å². The van der Waals surface area contributed by atoms with Gasteiger partial charge in [-0.25, -0.2) is 0 Å². The number of piperidine rings is 1. The van der Waals surface area contributed by atoms with Gasteiger partial charge < -0.3 is 20.5 Å². The van der Waals surface area contributed by atoms with Crippen LogP contribution < -0.4 is 5.73 Å². The summed E-state index contributed by atoms with van der Waals surface area (Å²) in [4.78, 5) is 18.5. The van der Waals surface area contributed by atoms with Crippen molar-refractivity contribution in [3.8, 4) is 0 Å². The van der Waals surface area contributed by atoms with E-state index >= 15 is 0 Å². The van der Waals surface area contributed by atoms with E-state index in [0.29, 0.717) is 38.2 Å². The molecule has 3 N–H and O–H groups in total. The van der Waals surface area contributed by atoms with Gasteiger partial charge in [-0.3, -0.25) is 9.78 Å². The molecule has 1 aliphatic heterocycles. The summed E-state index contributed by atoms with van der Waals surface area (Å²) in [5, 5.41) is 10.2. The molecule has 1 amide bonds. The van der Waals surface area contributed by atoms with E-state index in [0.717, 1.165) is 18.4 Å². The lowest BCUT2D eigenvalue weighted by Crippen LogP contribution is -2.62. The van der Waals surface area contributed by atoms with Crippen LogP contribution in [0.25, 0.3) is 0 Å². The highest BCUT2D eigenvalue weighted by molar-refractivity contribution is 5.94. The summed E-state index contributed by atoms with van der Waals surface area (Å²) in [6.45, 7) is 4.24. The first kappa shape index (κ1) is 16.4. The van der Waals surface area contributed by atoms with Gasteiger partial charge in [-0.2, -0.15) is 0 Å². The molecular weight excluding hydrogens is 294 g/mol. The molecule has 2 heterocycles. The van der Waals surface area contributed by atoms with Gasteiger partial charge in [0.1, 0.15) is 0 Å². The molecule has 1 saturated heterocycles. The fourth-order valence-electron chi connectivity index (χ4n) is 3.81. The Kier molecular flexibility index (Phi) is 4.66. The minimum Gasteiger partial charge on any atom is -0.392 e. The van der Waals surface area contributed by atoms with Gasteiger partial charge in [-0.05, 0) is 31.4 Å². The van der Waals surface area contributed by atoms with Crippen molar-refractivity contribution in [3.63, 3.8) is 0 Å². The fraction of sp³-hybridized carbons (Fsp3) is 0.647. The van der Waals surface area contributed by atoms with Gasteiger partial charge in [0.25, 0.3) is 5.91 Å².